The highest BCUT2D eigenvalue weighted by Crippen LogP contribution is 2.43. The molecule has 10 nitrogen and oxygen atoms in total. The third kappa shape index (κ3) is 2.28. The van der Waals surface area contributed by atoms with Crippen molar-refractivity contribution in [1.29, 1.82) is 5.26 Å². The van der Waals surface area contributed by atoms with E-state index in [1.54, 1.807) is 6.20 Å². The van der Waals surface area contributed by atoms with Gasteiger partial charge in [-0.15, -0.1) is 0 Å². The number of aromatic nitrogens is 2. The van der Waals surface area contributed by atoms with Crippen molar-refractivity contribution in [3.05, 3.63) is 47.7 Å². The van der Waals surface area contributed by atoms with Crippen LogP contribution >= 0.6 is 11.6 Å². The Morgan fingerprint density at radius 2 is 2.17 bits per heavy atom. The summed E-state index contributed by atoms with van der Waals surface area (Å²) in [6.07, 6.45) is 4.68. The van der Waals surface area contributed by atoms with Crippen LogP contribution in [0.25, 0.3) is 0 Å². The molecule has 1 aromatic heterocycles. The number of amidine groups is 1. The molecule has 1 fully saturated rings. The van der Waals surface area contributed by atoms with Crippen molar-refractivity contribution in [2.75, 3.05) is 29.8 Å². The maximum absolute atomic E-state index is 9.49. The van der Waals surface area contributed by atoms with Gasteiger partial charge in [-0.05, 0) is 23.7 Å². The summed E-state index contributed by atoms with van der Waals surface area (Å²) in [6, 6.07) is 7.84. The third-order valence-corrected chi connectivity index (χ3v) is 5.82. The smallest absolute Gasteiger partial charge is 0.287 e. The molecule has 0 amide bonds. The van der Waals surface area contributed by atoms with E-state index in [2.05, 4.69) is 16.3 Å². The van der Waals surface area contributed by atoms with Crippen LogP contribution in [0.4, 0.5) is 11.6 Å². The molecule has 2 unspecified atom stereocenters. The first-order valence-electron chi connectivity index (χ1n) is 9.22. The molecule has 2 atom stereocenters. The highest BCUT2D eigenvalue weighted by Gasteiger charge is 2.47. The van der Waals surface area contributed by atoms with E-state index in [0.29, 0.717) is 37.5 Å². The Morgan fingerprint density at radius 1 is 1.28 bits per heavy atom. The van der Waals surface area contributed by atoms with Crippen LogP contribution in [-0.4, -0.2) is 51.4 Å². The average molecular weight is 411 g/mol. The molecule has 1 aromatic carbocycles. The fraction of sp³-hybridized carbons (Fsp3) is 0.333. The van der Waals surface area contributed by atoms with Crippen LogP contribution < -0.4 is 9.91 Å². The standard InChI is InChI=1S/C18H15ClN8O2/c19-17-24(9-20)7-14-26(17)13-4-2-1-3-12(13)15-21-10-25(27(14)15)18-22-16(29-23-18)11-5-6-28-8-11/h1-4,7,11,17H,5-6,8,10H2. The number of hydrogen-bond acceptors (Lipinski definition) is 10. The summed E-state index contributed by atoms with van der Waals surface area (Å²) in [5.74, 6) is 2.55. The lowest BCUT2D eigenvalue weighted by Gasteiger charge is -2.40. The van der Waals surface area contributed by atoms with Gasteiger partial charge in [0.25, 0.3) is 5.95 Å². The fourth-order valence-corrected chi connectivity index (χ4v) is 4.32. The first-order chi connectivity index (χ1) is 14.3. The topological polar surface area (TPSA) is 97.3 Å². The van der Waals surface area contributed by atoms with Crippen LogP contribution in [-0.2, 0) is 4.74 Å². The summed E-state index contributed by atoms with van der Waals surface area (Å²) < 4.78 is 10.9. The minimum absolute atomic E-state index is 0.116. The van der Waals surface area contributed by atoms with Crippen LogP contribution in [0.3, 0.4) is 0 Å². The van der Waals surface area contributed by atoms with Gasteiger partial charge < -0.3 is 9.26 Å². The summed E-state index contributed by atoms with van der Waals surface area (Å²) in [5.41, 5.74) is 1.15. The maximum Gasteiger partial charge on any atom is 0.287 e. The Morgan fingerprint density at radius 3 is 3.00 bits per heavy atom. The molecule has 29 heavy (non-hydrogen) atoms. The quantitative estimate of drug-likeness (QED) is 0.418. The molecule has 6 rings (SSSR count). The number of benzene rings is 1. The normalized spacial score (nSPS) is 24.8. The Bertz CT molecular complexity index is 1090. The van der Waals surface area contributed by atoms with Crippen molar-refractivity contribution >= 4 is 29.1 Å². The van der Waals surface area contributed by atoms with Gasteiger partial charge in [-0.25, -0.2) is 19.9 Å². The second-order valence-electron chi connectivity index (χ2n) is 7.02. The van der Waals surface area contributed by atoms with Gasteiger partial charge in [0.2, 0.25) is 5.89 Å². The second-order valence-corrected chi connectivity index (χ2v) is 7.41. The number of nitrogens with zero attached hydrogens (tertiary/aromatic N) is 8. The van der Waals surface area contributed by atoms with E-state index in [4.69, 9.17) is 25.9 Å². The van der Waals surface area contributed by atoms with E-state index >= 15 is 0 Å². The average Bonchev–Trinajstić information content (AvgIpc) is 3.52. The van der Waals surface area contributed by atoms with E-state index in [1.807, 2.05) is 39.2 Å². The number of rotatable bonds is 2. The molecule has 146 valence electrons. The fourth-order valence-electron chi connectivity index (χ4n) is 4.02. The number of hydrazine groups is 1. The molecule has 0 bridgehead atoms. The summed E-state index contributed by atoms with van der Waals surface area (Å²) in [7, 11) is 0. The van der Waals surface area contributed by atoms with Crippen LogP contribution in [0.2, 0.25) is 0 Å². The highest BCUT2D eigenvalue weighted by molar-refractivity contribution is 6.23. The molecule has 1 saturated heterocycles. The number of fused-ring (bicyclic) bond motifs is 6. The van der Waals surface area contributed by atoms with Crippen molar-refractivity contribution < 1.29 is 9.26 Å². The third-order valence-electron chi connectivity index (χ3n) is 5.42. The predicted molar refractivity (Wildman–Crippen MR) is 102 cm³/mol. The minimum Gasteiger partial charge on any atom is -0.381 e. The molecule has 0 N–H and O–H groups in total. The number of aliphatic imine (C=N–C) groups is 1. The molecule has 4 aliphatic rings. The highest BCUT2D eigenvalue weighted by atomic mass is 35.5. The Hall–Kier alpha value is -3.29. The van der Waals surface area contributed by atoms with Gasteiger partial charge in [-0.3, -0.25) is 4.90 Å². The van der Waals surface area contributed by atoms with Crippen LogP contribution in [0, 0.1) is 11.5 Å². The van der Waals surface area contributed by atoms with Crippen LogP contribution in [0.1, 0.15) is 23.8 Å². The second kappa shape index (κ2) is 6.10. The molecule has 0 spiro atoms. The number of nitriles is 1. The summed E-state index contributed by atoms with van der Waals surface area (Å²) in [5, 5.41) is 17.4. The summed E-state index contributed by atoms with van der Waals surface area (Å²) in [6.45, 7) is 1.62. The van der Waals surface area contributed by atoms with E-state index < -0.39 is 5.62 Å². The molecule has 0 radical (unpaired) electrons. The van der Waals surface area contributed by atoms with Gasteiger partial charge in [0, 0.05) is 12.2 Å². The van der Waals surface area contributed by atoms with E-state index in [-0.39, 0.29) is 5.92 Å². The van der Waals surface area contributed by atoms with E-state index in [0.717, 1.165) is 23.5 Å². The molecular weight excluding hydrogens is 396 g/mol. The molecule has 5 heterocycles. The van der Waals surface area contributed by atoms with Gasteiger partial charge in [0.05, 0.1) is 24.4 Å². The van der Waals surface area contributed by atoms with Gasteiger partial charge in [0.1, 0.15) is 6.67 Å². The summed E-state index contributed by atoms with van der Waals surface area (Å²) >= 11 is 6.58. The molecule has 11 heteroatoms. The number of halogens is 1. The van der Waals surface area contributed by atoms with Gasteiger partial charge >= 0.3 is 0 Å². The van der Waals surface area contributed by atoms with E-state index in [9.17, 15) is 5.26 Å². The van der Waals surface area contributed by atoms with Crippen LogP contribution in [0.15, 0.2) is 45.8 Å². The molecular formula is C18H15ClN8O2. The van der Waals surface area contributed by atoms with Gasteiger partial charge in [0.15, 0.2) is 23.5 Å². The van der Waals surface area contributed by atoms with Crippen molar-refractivity contribution in [2.24, 2.45) is 4.99 Å². The van der Waals surface area contributed by atoms with Crippen LogP contribution in [0.5, 0.6) is 0 Å². The van der Waals surface area contributed by atoms with Crippen molar-refractivity contribution in [3.8, 4) is 6.19 Å². The van der Waals surface area contributed by atoms with Gasteiger partial charge in [-0.1, -0.05) is 23.7 Å². The monoisotopic (exact) mass is 410 g/mol. The first-order valence-corrected chi connectivity index (χ1v) is 9.66. The van der Waals surface area contributed by atoms with Gasteiger partial charge in [-0.2, -0.15) is 10.2 Å². The zero-order valence-electron chi connectivity index (χ0n) is 15.1. The number of alkyl halides is 1. The lowest BCUT2D eigenvalue weighted by molar-refractivity contribution is 0.189. The lowest BCUT2D eigenvalue weighted by atomic mass is 10.1. The number of anilines is 2. The van der Waals surface area contributed by atoms with Crippen molar-refractivity contribution in [1.82, 2.24) is 20.0 Å². The number of hydrogen-bond donors (Lipinski definition) is 0. The Kier molecular flexibility index (Phi) is 3.50. The SMILES string of the molecule is N#CN1C=C2N(c3ccccc3C3=NCN(c4noc(C5CCOC5)n4)N23)C1Cl. The molecule has 4 aliphatic heterocycles. The maximum atomic E-state index is 9.49. The lowest BCUT2D eigenvalue weighted by Crippen LogP contribution is -2.50. The Labute approximate surface area is 170 Å². The van der Waals surface area contributed by atoms with E-state index in [1.165, 1.54) is 4.90 Å². The zero-order chi connectivity index (χ0) is 19.5. The predicted octanol–water partition coefficient (Wildman–Crippen LogP) is 1.95. The number of ether oxygens (including phenoxy) is 1. The zero-order valence-corrected chi connectivity index (χ0v) is 15.9. The van der Waals surface area contributed by atoms with Crippen molar-refractivity contribution in [3.63, 3.8) is 0 Å². The van der Waals surface area contributed by atoms with Crippen molar-refractivity contribution in [2.45, 2.75) is 18.0 Å². The number of para-hydroxylation sites is 1. The largest absolute Gasteiger partial charge is 0.381 e. The summed E-state index contributed by atoms with van der Waals surface area (Å²) in [4.78, 5) is 12.6. The minimum atomic E-state index is -0.670. The molecule has 0 saturated carbocycles. The molecule has 0 aliphatic carbocycles. The first kappa shape index (κ1) is 16.6. The molecule has 2 aromatic rings. The Balaban J connectivity index is 1.43.